The van der Waals surface area contributed by atoms with Crippen molar-refractivity contribution in [2.75, 3.05) is 23.7 Å². The van der Waals surface area contributed by atoms with Gasteiger partial charge in [-0.15, -0.1) is 0 Å². The number of nitrogens with zero attached hydrogens (tertiary/aromatic N) is 3. The van der Waals surface area contributed by atoms with Crippen LogP contribution in [0.3, 0.4) is 0 Å². The summed E-state index contributed by atoms with van der Waals surface area (Å²) in [6.45, 7) is 3.79. The van der Waals surface area contributed by atoms with Crippen LogP contribution in [0.1, 0.15) is 46.0 Å². The Morgan fingerprint density at radius 1 is 1.10 bits per heavy atom. The van der Waals surface area contributed by atoms with Gasteiger partial charge in [-0.2, -0.15) is 0 Å². The first kappa shape index (κ1) is 22.5. The third kappa shape index (κ3) is 4.19. The molecule has 10 heteroatoms. The molecule has 168 valence electrons. The molecule has 31 heavy (non-hydrogen) atoms. The maximum Gasteiger partial charge on any atom is 0.330 e. The molecule has 0 spiro atoms. The summed E-state index contributed by atoms with van der Waals surface area (Å²) in [5, 5.41) is 0. The van der Waals surface area contributed by atoms with Crippen LogP contribution < -0.4 is 21.9 Å². The Bertz CT molecular complexity index is 998. The summed E-state index contributed by atoms with van der Waals surface area (Å²) in [7, 11) is 0. The Morgan fingerprint density at radius 2 is 1.71 bits per heavy atom. The number of aromatic nitrogens is 2. The lowest BCUT2D eigenvalue weighted by Crippen LogP contribution is -2.47. The second kappa shape index (κ2) is 9.32. The molecule has 1 aliphatic heterocycles. The fourth-order valence-electron chi connectivity index (χ4n) is 4.21. The highest BCUT2D eigenvalue weighted by Crippen LogP contribution is 2.35. The number of allylic oxidation sites excluding steroid dienone is 2. The number of fused-ring (bicyclic) bond motifs is 1. The van der Waals surface area contributed by atoms with E-state index in [0.29, 0.717) is 25.7 Å². The molecule has 3 N–H and O–H groups in total. The van der Waals surface area contributed by atoms with E-state index in [4.69, 9.17) is 5.73 Å². The van der Waals surface area contributed by atoms with Crippen molar-refractivity contribution in [3.05, 3.63) is 33.0 Å². The number of hydrogen-bond donors (Lipinski definition) is 2. The van der Waals surface area contributed by atoms with Crippen LogP contribution in [0.2, 0.25) is 0 Å². The van der Waals surface area contributed by atoms with Crippen LogP contribution in [0.25, 0.3) is 0 Å². The zero-order valence-corrected chi connectivity index (χ0v) is 17.9. The summed E-state index contributed by atoms with van der Waals surface area (Å²) >= 11 is 0. The van der Waals surface area contributed by atoms with Crippen LogP contribution in [0, 0.1) is 11.8 Å². The number of carbonyl (C=O) groups excluding carboxylic acids is 3. The topological polar surface area (TPSA) is 139 Å². The van der Waals surface area contributed by atoms with Crippen LogP contribution >= 0.6 is 0 Å². The first-order valence-electron chi connectivity index (χ1n) is 10.7. The van der Waals surface area contributed by atoms with Crippen molar-refractivity contribution in [1.82, 2.24) is 14.5 Å². The number of nitrogens with two attached hydrogens (primary N) is 1. The van der Waals surface area contributed by atoms with Crippen molar-refractivity contribution in [3.8, 4) is 0 Å². The van der Waals surface area contributed by atoms with E-state index in [9.17, 15) is 24.0 Å². The van der Waals surface area contributed by atoms with Crippen molar-refractivity contribution in [2.24, 2.45) is 11.8 Å². The Morgan fingerprint density at radius 3 is 2.26 bits per heavy atom. The maximum atomic E-state index is 13.2. The Labute approximate surface area is 179 Å². The van der Waals surface area contributed by atoms with Gasteiger partial charge in [0.2, 0.25) is 17.7 Å². The number of aromatic amines is 1. The SMILES string of the molecule is CCCCN(C(=O)CN1C(=O)[C@H]2CC=CC[C@@H]2C1=O)c1c(N)n(CCC)c(=O)[nH]c1=O. The Kier molecular flexibility index (Phi) is 6.77. The number of nitrogens with one attached hydrogen (secondary N) is 1. The van der Waals surface area contributed by atoms with Gasteiger partial charge in [-0.3, -0.25) is 33.6 Å². The smallest absolute Gasteiger partial charge is 0.330 e. The van der Waals surface area contributed by atoms with Gasteiger partial charge in [-0.05, 0) is 25.7 Å². The molecule has 1 aromatic heterocycles. The van der Waals surface area contributed by atoms with Crippen molar-refractivity contribution in [3.63, 3.8) is 0 Å². The number of unbranched alkanes of at least 4 members (excludes halogenated alkanes) is 1. The van der Waals surface area contributed by atoms with Crippen LogP contribution in [0.4, 0.5) is 11.5 Å². The number of amides is 3. The van der Waals surface area contributed by atoms with E-state index in [-0.39, 0.29) is 36.4 Å². The molecular formula is C21H29N5O5. The van der Waals surface area contributed by atoms with E-state index < -0.39 is 35.5 Å². The number of rotatable bonds is 8. The van der Waals surface area contributed by atoms with Crippen molar-refractivity contribution < 1.29 is 14.4 Å². The standard InChI is InChI=1S/C21H29N5O5/c1-3-5-11-24(16-17(22)25(10-4-2)21(31)23-18(16)28)15(27)12-26-19(29)13-8-6-7-9-14(13)20(26)30/h6-7,13-14H,3-5,8-12,22H2,1-2H3,(H,23,28,31)/t13-,14-/m0/s1. The summed E-state index contributed by atoms with van der Waals surface area (Å²) < 4.78 is 1.22. The van der Waals surface area contributed by atoms with E-state index in [1.165, 1.54) is 9.47 Å². The van der Waals surface area contributed by atoms with Crippen molar-refractivity contribution in [1.29, 1.82) is 0 Å². The average Bonchev–Trinajstić information content (AvgIpc) is 2.98. The molecule has 2 heterocycles. The molecule has 0 unspecified atom stereocenters. The molecule has 3 rings (SSSR count). The van der Waals surface area contributed by atoms with Gasteiger partial charge in [0.15, 0.2) is 5.69 Å². The lowest BCUT2D eigenvalue weighted by Gasteiger charge is -2.26. The molecule has 1 saturated heterocycles. The fourth-order valence-corrected chi connectivity index (χ4v) is 4.21. The number of carbonyl (C=O) groups is 3. The molecule has 2 atom stereocenters. The van der Waals surface area contributed by atoms with E-state index in [1.807, 2.05) is 26.0 Å². The van der Waals surface area contributed by atoms with Gasteiger partial charge in [-0.1, -0.05) is 32.4 Å². The zero-order valence-electron chi connectivity index (χ0n) is 17.9. The summed E-state index contributed by atoms with van der Waals surface area (Å²) in [6, 6.07) is 0. The first-order valence-corrected chi connectivity index (χ1v) is 10.7. The number of H-pyrrole nitrogens is 1. The summed E-state index contributed by atoms with van der Waals surface area (Å²) in [5.41, 5.74) is 4.60. The molecule has 0 radical (unpaired) electrons. The van der Waals surface area contributed by atoms with Gasteiger partial charge in [-0.25, -0.2) is 4.79 Å². The fraction of sp³-hybridized carbons (Fsp3) is 0.571. The van der Waals surface area contributed by atoms with Gasteiger partial charge >= 0.3 is 5.69 Å². The maximum absolute atomic E-state index is 13.2. The van der Waals surface area contributed by atoms with Gasteiger partial charge in [0, 0.05) is 13.1 Å². The van der Waals surface area contributed by atoms with E-state index in [2.05, 4.69) is 4.98 Å². The minimum Gasteiger partial charge on any atom is -0.383 e. The minimum absolute atomic E-state index is 0.100. The first-order chi connectivity index (χ1) is 14.8. The summed E-state index contributed by atoms with van der Waals surface area (Å²) in [4.78, 5) is 67.9. The molecule has 0 saturated carbocycles. The molecule has 1 aliphatic carbocycles. The number of nitrogen functional groups attached to an aromatic ring is 1. The molecular weight excluding hydrogens is 402 g/mol. The average molecular weight is 431 g/mol. The third-order valence-electron chi connectivity index (χ3n) is 5.86. The predicted octanol–water partition coefficient (Wildman–Crippen LogP) is 0.613. The third-order valence-corrected chi connectivity index (χ3v) is 5.86. The van der Waals surface area contributed by atoms with Crippen LogP contribution in [-0.2, 0) is 20.9 Å². The lowest BCUT2D eigenvalue weighted by atomic mass is 9.85. The normalized spacial score (nSPS) is 20.3. The lowest BCUT2D eigenvalue weighted by molar-refractivity contribution is -0.143. The second-order valence-electron chi connectivity index (χ2n) is 7.96. The minimum atomic E-state index is -0.767. The monoisotopic (exact) mass is 431 g/mol. The molecule has 10 nitrogen and oxygen atoms in total. The highest BCUT2D eigenvalue weighted by molar-refractivity contribution is 6.09. The molecule has 1 aromatic rings. The zero-order chi connectivity index (χ0) is 22.7. The van der Waals surface area contributed by atoms with Crippen LogP contribution in [-0.4, -0.2) is 45.3 Å². The van der Waals surface area contributed by atoms with Gasteiger partial charge < -0.3 is 10.6 Å². The van der Waals surface area contributed by atoms with Gasteiger partial charge in [0.1, 0.15) is 12.4 Å². The number of anilines is 2. The largest absolute Gasteiger partial charge is 0.383 e. The van der Waals surface area contributed by atoms with Crippen LogP contribution in [0.15, 0.2) is 21.7 Å². The Hall–Kier alpha value is -3.17. The Balaban J connectivity index is 1.93. The number of likely N-dealkylation sites (tertiary alicyclic amines) is 1. The molecule has 1 fully saturated rings. The summed E-state index contributed by atoms with van der Waals surface area (Å²) in [5.74, 6) is -2.27. The van der Waals surface area contributed by atoms with Gasteiger partial charge in [0.25, 0.3) is 5.56 Å². The van der Waals surface area contributed by atoms with Crippen molar-refractivity contribution >= 4 is 29.2 Å². The quantitative estimate of drug-likeness (QED) is 0.457. The van der Waals surface area contributed by atoms with Crippen molar-refractivity contribution in [2.45, 2.75) is 52.5 Å². The summed E-state index contributed by atoms with van der Waals surface area (Å²) in [6.07, 6.45) is 6.64. The highest BCUT2D eigenvalue weighted by Gasteiger charge is 2.48. The number of imide groups is 1. The predicted molar refractivity (Wildman–Crippen MR) is 115 cm³/mol. The number of hydrogen-bond acceptors (Lipinski definition) is 6. The van der Waals surface area contributed by atoms with E-state index in [1.54, 1.807) is 0 Å². The second-order valence-corrected chi connectivity index (χ2v) is 7.96. The van der Waals surface area contributed by atoms with E-state index in [0.717, 1.165) is 11.3 Å². The highest BCUT2D eigenvalue weighted by atomic mass is 16.2. The van der Waals surface area contributed by atoms with E-state index >= 15 is 0 Å². The van der Waals surface area contributed by atoms with Crippen LogP contribution in [0.5, 0.6) is 0 Å². The molecule has 0 aromatic carbocycles. The molecule has 3 amide bonds. The molecule has 0 bridgehead atoms. The molecule has 2 aliphatic rings. The van der Waals surface area contributed by atoms with Gasteiger partial charge in [0.05, 0.1) is 11.8 Å².